The molecular formula is C18H26N2O3. The summed E-state index contributed by atoms with van der Waals surface area (Å²) >= 11 is 0. The molecule has 2 amide bonds. The molecule has 126 valence electrons. The van der Waals surface area contributed by atoms with E-state index in [-0.39, 0.29) is 30.8 Å². The van der Waals surface area contributed by atoms with Gasteiger partial charge in [0.2, 0.25) is 5.91 Å². The first-order chi connectivity index (χ1) is 11.0. The monoisotopic (exact) mass is 318 g/mol. The van der Waals surface area contributed by atoms with E-state index in [9.17, 15) is 14.7 Å². The molecule has 0 heterocycles. The van der Waals surface area contributed by atoms with Crippen LogP contribution in [0.5, 0.6) is 0 Å². The Balaban J connectivity index is 1.73. The van der Waals surface area contributed by atoms with Gasteiger partial charge in [-0.2, -0.15) is 0 Å². The highest BCUT2D eigenvalue weighted by atomic mass is 16.3. The molecule has 1 fully saturated rings. The summed E-state index contributed by atoms with van der Waals surface area (Å²) in [5.41, 5.74) is -0.367. The highest BCUT2D eigenvalue weighted by Gasteiger charge is 2.32. The molecule has 2 rings (SSSR count). The van der Waals surface area contributed by atoms with Crippen LogP contribution >= 0.6 is 0 Å². The highest BCUT2D eigenvalue weighted by molar-refractivity contribution is 5.96. The zero-order chi connectivity index (χ0) is 16.7. The normalized spacial score (nSPS) is 18.0. The predicted octanol–water partition coefficient (Wildman–Crippen LogP) is 1.86. The van der Waals surface area contributed by atoms with Crippen molar-refractivity contribution in [3.05, 3.63) is 35.9 Å². The molecule has 0 spiro atoms. The van der Waals surface area contributed by atoms with Crippen molar-refractivity contribution in [2.24, 2.45) is 5.92 Å². The summed E-state index contributed by atoms with van der Waals surface area (Å²) in [6.45, 7) is 1.91. The van der Waals surface area contributed by atoms with E-state index in [1.807, 2.05) is 6.07 Å². The van der Waals surface area contributed by atoms with Crippen molar-refractivity contribution in [1.29, 1.82) is 0 Å². The lowest BCUT2D eigenvalue weighted by Gasteiger charge is -2.35. The number of hydrogen-bond acceptors (Lipinski definition) is 3. The van der Waals surface area contributed by atoms with Gasteiger partial charge < -0.3 is 15.7 Å². The van der Waals surface area contributed by atoms with Crippen LogP contribution in [0.15, 0.2) is 30.3 Å². The van der Waals surface area contributed by atoms with E-state index < -0.39 is 5.60 Å². The Labute approximate surface area is 137 Å². The van der Waals surface area contributed by atoms with Gasteiger partial charge in [-0.25, -0.2) is 0 Å². The summed E-state index contributed by atoms with van der Waals surface area (Å²) in [4.78, 5) is 23.7. The van der Waals surface area contributed by atoms with E-state index in [1.54, 1.807) is 31.2 Å². The summed E-state index contributed by atoms with van der Waals surface area (Å²) < 4.78 is 0. The lowest BCUT2D eigenvalue weighted by Crippen LogP contribution is -2.48. The van der Waals surface area contributed by atoms with Crippen LogP contribution in [-0.4, -0.2) is 35.6 Å². The minimum atomic E-state index is -0.889. The molecule has 1 aromatic rings. The second kappa shape index (κ2) is 8.11. The standard InChI is InChI=1S/C18H26N2O3/c1-18(23,15-10-6-3-7-11-15)13-20-16(21)12-19-17(22)14-8-4-2-5-9-14/h2,4-5,8-9,15,23H,3,6-7,10-13H2,1H3,(H,19,22)(H,20,21)/t18-/m1/s1. The number of benzene rings is 1. The van der Waals surface area contributed by atoms with Crippen LogP contribution in [-0.2, 0) is 4.79 Å². The van der Waals surface area contributed by atoms with Crippen LogP contribution in [0.1, 0.15) is 49.4 Å². The Bertz CT molecular complexity index is 522. The Morgan fingerprint density at radius 2 is 1.78 bits per heavy atom. The van der Waals surface area contributed by atoms with Gasteiger partial charge in [-0.1, -0.05) is 37.5 Å². The molecule has 0 aromatic heterocycles. The van der Waals surface area contributed by atoms with Gasteiger partial charge in [-0.3, -0.25) is 9.59 Å². The molecule has 23 heavy (non-hydrogen) atoms. The van der Waals surface area contributed by atoms with Crippen LogP contribution in [0.2, 0.25) is 0 Å². The minimum absolute atomic E-state index is 0.0888. The van der Waals surface area contributed by atoms with E-state index in [0.717, 1.165) is 25.7 Å². The molecule has 1 saturated carbocycles. The Hall–Kier alpha value is -1.88. The molecule has 0 aliphatic heterocycles. The zero-order valence-corrected chi connectivity index (χ0v) is 13.7. The first-order valence-corrected chi connectivity index (χ1v) is 8.31. The van der Waals surface area contributed by atoms with Crippen LogP contribution in [0.4, 0.5) is 0 Å². The van der Waals surface area contributed by atoms with E-state index >= 15 is 0 Å². The topological polar surface area (TPSA) is 78.4 Å². The smallest absolute Gasteiger partial charge is 0.251 e. The van der Waals surface area contributed by atoms with E-state index in [2.05, 4.69) is 10.6 Å². The zero-order valence-electron chi connectivity index (χ0n) is 13.7. The Morgan fingerprint density at radius 1 is 1.13 bits per heavy atom. The Kier molecular flexibility index (Phi) is 6.16. The van der Waals surface area contributed by atoms with Gasteiger partial charge in [0, 0.05) is 12.1 Å². The molecule has 0 unspecified atom stereocenters. The van der Waals surface area contributed by atoms with Crippen LogP contribution in [0, 0.1) is 5.92 Å². The van der Waals surface area contributed by atoms with E-state index in [4.69, 9.17) is 0 Å². The maximum atomic E-state index is 11.9. The molecule has 5 heteroatoms. The highest BCUT2D eigenvalue weighted by Crippen LogP contribution is 2.32. The lowest BCUT2D eigenvalue weighted by atomic mass is 9.78. The molecule has 1 atom stereocenters. The largest absolute Gasteiger partial charge is 0.388 e. The summed E-state index contributed by atoms with van der Waals surface area (Å²) in [6, 6.07) is 8.77. The summed E-state index contributed by atoms with van der Waals surface area (Å²) in [5.74, 6) is -0.333. The van der Waals surface area contributed by atoms with Crippen molar-refractivity contribution in [1.82, 2.24) is 10.6 Å². The molecule has 0 saturated heterocycles. The first-order valence-electron chi connectivity index (χ1n) is 8.31. The van der Waals surface area contributed by atoms with E-state index in [1.165, 1.54) is 6.42 Å². The van der Waals surface area contributed by atoms with E-state index in [0.29, 0.717) is 5.56 Å². The van der Waals surface area contributed by atoms with Gasteiger partial charge in [0.25, 0.3) is 5.91 Å². The number of carbonyl (C=O) groups excluding carboxylic acids is 2. The fraction of sp³-hybridized carbons (Fsp3) is 0.556. The summed E-state index contributed by atoms with van der Waals surface area (Å²) in [6.07, 6.45) is 5.52. The third-order valence-corrected chi connectivity index (χ3v) is 4.57. The van der Waals surface area contributed by atoms with Crippen molar-refractivity contribution in [3.8, 4) is 0 Å². The van der Waals surface area contributed by atoms with Gasteiger partial charge in [0.1, 0.15) is 0 Å². The molecule has 5 nitrogen and oxygen atoms in total. The number of nitrogens with one attached hydrogen (secondary N) is 2. The SMILES string of the molecule is C[C@@](O)(CNC(=O)CNC(=O)c1ccccc1)C1CCCCC1. The van der Waals surface area contributed by atoms with Crippen LogP contribution in [0.25, 0.3) is 0 Å². The van der Waals surface area contributed by atoms with Crippen LogP contribution in [0.3, 0.4) is 0 Å². The Morgan fingerprint density at radius 3 is 2.43 bits per heavy atom. The second-order valence-corrected chi connectivity index (χ2v) is 6.52. The lowest BCUT2D eigenvalue weighted by molar-refractivity contribution is -0.122. The van der Waals surface area contributed by atoms with Crippen molar-refractivity contribution in [3.63, 3.8) is 0 Å². The quantitative estimate of drug-likeness (QED) is 0.749. The maximum absolute atomic E-state index is 11.9. The van der Waals surface area contributed by atoms with Crippen molar-refractivity contribution in [2.75, 3.05) is 13.1 Å². The number of aliphatic hydroxyl groups is 1. The van der Waals surface area contributed by atoms with Crippen molar-refractivity contribution in [2.45, 2.75) is 44.6 Å². The molecular weight excluding hydrogens is 292 g/mol. The van der Waals surface area contributed by atoms with Gasteiger partial charge in [0.05, 0.1) is 12.1 Å². The fourth-order valence-electron chi connectivity index (χ4n) is 3.06. The van der Waals surface area contributed by atoms with Crippen molar-refractivity contribution < 1.29 is 14.7 Å². The number of hydrogen-bond donors (Lipinski definition) is 3. The number of amides is 2. The average Bonchev–Trinajstić information content (AvgIpc) is 2.59. The fourth-order valence-corrected chi connectivity index (χ4v) is 3.06. The third kappa shape index (κ3) is 5.36. The average molecular weight is 318 g/mol. The van der Waals surface area contributed by atoms with Gasteiger partial charge in [-0.15, -0.1) is 0 Å². The van der Waals surface area contributed by atoms with Gasteiger partial charge in [0.15, 0.2) is 0 Å². The first kappa shape index (κ1) is 17.5. The maximum Gasteiger partial charge on any atom is 0.251 e. The van der Waals surface area contributed by atoms with Gasteiger partial charge >= 0.3 is 0 Å². The molecule has 0 bridgehead atoms. The predicted molar refractivity (Wildman–Crippen MR) is 89.0 cm³/mol. The molecule has 0 radical (unpaired) electrons. The van der Waals surface area contributed by atoms with Gasteiger partial charge in [-0.05, 0) is 37.8 Å². The summed E-state index contributed by atoms with van der Waals surface area (Å²) in [5, 5.41) is 15.8. The second-order valence-electron chi connectivity index (χ2n) is 6.52. The molecule has 1 aromatic carbocycles. The van der Waals surface area contributed by atoms with Crippen molar-refractivity contribution >= 4 is 11.8 Å². The minimum Gasteiger partial charge on any atom is -0.388 e. The molecule has 1 aliphatic rings. The molecule has 3 N–H and O–H groups in total. The number of rotatable bonds is 6. The third-order valence-electron chi connectivity index (χ3n) is 4.57. The summed E-state index contributed by atoms with van der Waals surface area (Å²) in [7, 11) is 0. The molecule has 1 aliphatic carbocycles. The van der Waals surface area contributed by atoms with Crippen LogP contribution < -0.4 is 10.6 Å². The number of carbonyl (C=O) groups is 2.